The Kier molecular flexibility index (Phi) is 6.27. The molecule has 16 heavy (non-hydrogen) atoms. The molecule has 1 amide bonds. The summed E-state index contributed by atoms with van der Waals surface area (Å²) in [5.74, 6) is 1.05. The monoisotopic (exact) mass is 241 g/mol. The van der Waals surface area contributed by atoms with E-state index in [1.807, 2.05) is 6.26 Å². The van der Waals surface area contributed by atoms with Gasteiger partial charge in [-0.1, -0.05) is 0 Å². The lowest BCUT2D eigenvalue weighted by Crippen LogP contribution is -2.44. The minimum Gasteiger partial charge on any atom is -0.353 e. The Bertz CT molecular complexity index is 256. The summed E-state index contributed by atoms with van der Waals surface area (Å²) >= 11 is 1.69. The molecule has 0 aliphatic carbocycles. The molecule has 90 valence electrons. The Morgan fingerprint density at radius 3 is 2.81 bits per heavy atom. The average molecular weight is 241 g/mol. The summed E-state index contributed by atoms with van der Waals surface area (Å²) in [6, 6.07) is 2.47. The molecule has 1 rings (SSSR count). The molecule has 0 radical (unpaired) electrons. The van der Waals surface area contributed by atoms with Crippen molar-refractivity contribution in [2.24, 2.45) is 0 Å². The summed E-state index contributed by atoms with van der Waals surface area (Å²) in [5.41, 5.74) is 0. The van der Waals surface area contributed by atoms with Crippen molar-refractivity contribution in [3.63, 3.8) is 0 Å². The van der Waals surface area contributed by atoms with E-state index in [0.717, 1.165) is 31.7 Å². The number of hydrogen-bond acceptors (Lipinski definition) is 4. The number of rotatable bonds is 5. The molecule has 0 atom stereocenters. The second kappa shape index (κ2) is 7.53. The van der Waals surface area contributed by atoms with Crippen LogP contribution in [0.4, 0.5) is 0 Å². The minimum absolute atomic E-state index is 0.160. The first-order chi connectivity index (χ1) is 7.76. The van der Waals surface area contributed by atoms with Gasteiger partial charge in [-0.25, -0.2) is 0 Å². The van der Waals surface area contributed by atoms with Gasteiger partial charge in [0.15, 0.2) is 0 Å². The van der Waals surface area contributed by atoms with E-state index in [1.54, 1.807) is 11.8 Å². The Morgan fingerprint density at radius 2 is 2.25 bits per heavy atom. The highest BCUT2D eigenvalue weighted by molar-refractivity contribution is 7.98. The van der Waals surface area contributed by atoms with Crippen LogP contribution >= 0.6 is 11.8 Å². The fourth-order valence-electron chi connectivity index (χ4n) is 1.83. The van der Waals surface area contributed by atoms with E-state index in [4.69, 9.17) is 5.26 Å². The number of nitrogens with zero attached hydrogens (tertiary/aromatic N) is 2. The number of thioether (sulfide) groups is 1. The molecule has 0 aromatic carbocycles. The van der Waals surface area contributed by atoms with Crippen molar-refractivity contribution in [3.05, 3.63) is 0 Å². The fraction of sp³-hybridized carbons (Fsp3) is 0.818. The van der Waals surface area contributed by atoms with E-state index in [2.05, 4.69) is 16.3 Å². The number of carbonyl (C=O) groups excluding carboxylic acids is 1. The minimum atomic E-state index is 0.160. The van der Waals surface area contributed by atoms with Gasteiger partial charge in [0.2, 0.25) is 5.91 Å². The van der Waals surface area contributed by atoms with Crippen molar-refractivity contribution < 1.29 is 4.79 Å². The van der Waals surface area contributed by atoms with Gasteiger partial charge in [-0.2, -0.15) is 17.0 Å². The molecular formula is C11H19N3OS. The third-order valence-electron chi connectivity index (χ3n) is 2.78. The van der Waals surface area contributed by atoms with E-state index in [0.29, 0.717) is 19.0 Å². The number of carbonyl (C=O) groups is 1. The Hall–Kier alpha value is -0.730. The van der Waals surface area contributed by atoms with Gasteiger partial charge in [-0.3, -0.25) is 9.69 Å². The van der Waals surface area contributed by atoms with E-state index in [-0.39, 0.29) is 5.91 Å². The number of nitriles is 1. The third kappa shape index (κ3) is 4.86. The van der Waals surface area contributed by atoms with E-state index >= 15 is 0 Å². The molecule has 0 saturated carbocycles. The second-order valence-corrected chi connectivity index (χ2v) is 5.00. The highest BCUT2D eigenvalue weighted by Crippen LogP contribution is 2.10. The van der Waals surface area contributed by atoms with Crippen molar-refractivity contribution in [2.45, 2.75) is 25.3 Å². The van der Waals surface area contributed by atoms with Crippen LogP contribution in [-0.4, -0.2) is 48.5 Å². The summed E-state index contributed by atoms with van der Waals surface area (Å²) in [5, 5.41) is 11.6. The number of nitrogens with one attached hydrogen (secondary N) is 1. The van der Waals surface area contributed by atoms with Gasteiger partial charge in [-0.15, -0.1) is 0 Å². The van der Waals surface area contributed by atoms with Gasteiger partial charge in [0.1, 0.15) is 0 Å². The smallest absolute Gasteiger partial charge is 0.221 e. The maximum Gasteiger partial charge on any atom is 0.221 e. The quantitative estimate of drug-likeness (QED) is 0.725. The first-order valence-corrected chi connectivity index (χ1v) is 7.03. The molecule has 1 fully saturated rings. The molecule has 1 heterocycles. The van der Waals surface area contributed by atoms with Crippen LogP contribution in [0.2, 0.25) is 0 Å². The maximum absolute atomic E-state index is 11.5. The molecular weight excluding hydrogens is 222 g/mol. The Balaban J connectivity index is 2.17. The van der Waals surface area contributed by atoms with Gasteiger partial charge in [0, 0.05) is 31.3 Å². The SMILES string of the molecule is CSCCC(=O)NC1CCN(CC#N)CC1. The molecule has 1 N–H and O–H groups in total. The summed E-state index contributed by atoms with van der Waals surface area (Å²) in [7, 11) is 0. The molecule has 0 aromatic rings. The molecule has 0 bridgehead atoms. The van der Waals surface area contributed by atoms with Crippen LogP contribution < -0.4 is 5.32 Å². The molecule has 0 unspecified atom stereocenters. The zero-order valence-corrected chi connectivity index (χ0v) is 10.6. The topological polar surface area (TPSA) is 56.1 Å². The van der Waals surface area contributed by atoms with Gasteiger partial charge in [-0.05, 0) is 19.1 Å². The Labute approximate surface area is 101 Å². The van der Waals surface area contributed by atoms with E-state index < -0.39 is 0 Å². The van der Waals surface area contributed by atoms with Crippen molar-refractivity contribution in [1.29, 1.82) is 5.26 Å². The van der Waals surface area contributed by atoms with Crippen molar-refractivity contribution >= 4 is 17.7 Å². The lowest BCUT2D eigenvalue weighted by molar-refractivity contribution is -0.121. The molecule has 1 aliphatic rings. The highest BCUT2D eigenvalue weighted by atomic mass is 32.2. The Morgan fingerprint density at radius 1 is 1.56 bits per heavy atom. The first-order valence-electron chi connectivity index (χ1n) is 5.64. The maximum atomic E-state index is 11.5. The molecule has 0 spiro atoms. The van der Waals surface area contributed by atoms with Crippen LogP contribution in [0.25, 0.3) is 0 Å². The highest BCUT2D eigenvalue weighted by Gasteiger charge is 2.19. The van der Waals surface area contributed by atoms with Crippen LogP contribution in [0, 0.1) is 11.3 Å². The molecule has 4 nitrogen and oxygen atoms in total. The van der Waals surface area contributed by atoms with Crippen LogP contribution in [0.1, 0.15) is 19.3 Å². The average Bonchev–Trinajstić information content (AvgIpc) is 2.29. The van der Waals surface area contributed by atoms with Crippen LogP contribution in [0.5, 0.6) is 0 Å². The fourth-order valence-corrected chi connectivity index (χ4v) is 2.22. The predicted molar refractivity (Wildman–Crippen MR) is 66.2 cm³/mol. The van der Waals surface area contributed by atoms with Crippen LogP contribution in [-0.2, 0) is 4.79 Å². The molecule has 5 heteroatoms. The number of likely N-dealkylation sites (tertiary alicyclic amines) is 1. The van der Waals surface area contributed by atoms with Gasteiger partial charge in [0.05, 0.1) is 12.6 Å². The van der Waals surface area contributed by atoms with Gasteiger partial charge in [0.25, 0.3) is 0 Å². The lowest BCUT2D eigenvalue weighted by atomic mass is 10.1. The lowest BCUT2D eigenvalue weighted by Gasteiger charge is -2.30. The summed E-state index contributed by atoms with van der Waals surface area (Å²) in [6.45, 7) is 2.34. The van der Waals surface area contributed by atoms with Gasteiger partial charge < -0.3 is 5.32 Å². The van der Waals surface area contributed by atoms with E-state index in [9.17, 15) is 4.79 Å². The zero-order chi connectivity index (χ0) is 11.8. The predicted octanol–water partition coefficient (Wildman–Crippen LogP) is 0.844. The summed E-state index contributed by atoms with van der Waals surface area (Å²) < 4.78 is 0. The van der Waals surface area contributed by atoms with E-state index in [1.165, 1.54) is 0 Å². The summed E-state index contributed by atoms with van der Waals surface area (Å²) in [6.07, 6.45) is 4.55. The van der Waals surface area contributed by atoms with Crippen molar-refractivity contribution in [2.75, 3.05) is 31.6 Å². The molecule has 0 aromatic heterocycles. The number of piperidine rings is 1. The normalized spacial score (nSPS) is 18.0. The van der Waals surface area contributed by atoms with Crippen molar-refractivity contribution in [3.8, 4) is 6.07 Å². The van der Waals surface area contributed by atoms with Gasteiger partial charge >= 0.3 is 0 Å². The standard InChI is InChI=1S/C11H19N3OS/c1-16-9-4-11(15)13-10-2-6-14(7-3-10)8-5-12/h10H,2-4,6-9H2,1H3,(H,13,15). The first kappa shape index (κ1) is 13.3. The van der Waals surface area contributed by atoms with Crippen LogP contribution in [0.15, 0.2) is 0 Å². The summed E-state index contributed by atoms with van der Waals surface area (Å²) in [4.78, 5) is 13.6. The molecule has 1 saturated heterocycles. The zero-order valence-electron chi connectivity index (χ0n) is 9.74. The second-order valence-electron chi connectivity index (χ2n) is 4.02. The number of hydrogen-bond donors (Lipinski definition) is 1. The largest absolute Gasteiger partial charge is 0.353 e. The third-order valence-corrected chi connectivity index (χ3v) is 3.39. The van der Waals surface area contributed by atoms with Crippen molar-refractivity contribution in [1.82, 2.24) is 10.2 Å². The number of amides is 1. The molecule has 1 aliphatic heterocycles. The van der Waals surface area contributed by atoms with Crippen LogP contribution in [0.3, 0.4) is 0 Å².